The van der Waals surface area contributed by atoms with Crippen LogP contribution in [-0.2, 0) is 14.6 Å². The highest BCUT2D eigenvalue weighted by Crippen LogP contribution is 2.19. The summed E-state index contributed by atoms with van der Waals surface area (Å²) in [5.74, 6) is -3.61. The van der Waals surface area contributed by atoms with E-state index in [1.807, 2.05) is 0 Å². The van der Waals surface area contributed by atoms with Crippen LogP contribution in [0.1, 0.15) is 10.4 Å². The van der Waals surface area contributed by atoms with Crippen molar-refractivity contribution in [2.75, 3.05) is 13.2 Å². The van der Waals surface area contributed by atoms with Gasteiger partial charge in [-0.05, 0) is 48.5 Å². The number of esters is 1. The van der Waals surface area contributed by atoms with E-state index in [2.05, 4.69) is 15.9 Å². The van der Waals surface area contributed by atoms with Gasteiger partial charge >= 0.3 is 11.7 Å². The molecule has 0 fully saturated rings. The van der Waals surface area contributed by atoms with Crippen molar-refractivity contribution in [2.45, 2.75) is 10.7 Å². The van der Waals surface area contributed by atoms with Gasteiger partial charge in [0.2, 0.25) is 9.84 Å². The van der Waals surface area contributed by atoms with Gasteiger partial charge in [0.25, 0.3) is 0 Å². The normalized spacial score (nSPS) is 11.4. The summed E-state index contributed by atoms with van der Waals surface area (Å²) in [4.78, 5) is 11.3. The summed E-state index contributed by atoms with van der Waals surface area (Å²) in [5.41, 5.74) is 0.0526. The molecule has 0 radical (unpaired) electrons. The number of benzene rings is 2. The van der Waals surface area contributed by atoms with E-state index in [0.717, 1.165) is 28.7 Å². The Hall–Kier alpha value is -2.00. The molecule has 0 saturated carbocycles. The molecule has 0 heterocycles. The number of hydrogen-bond donors (Lipinski definition) is 0. The number of rotatable bonds is 7. The van der Waals surface area contributed by atoms with Gasteiger partial charge in [-0.2, -0.15) is 8.78 Å². The minimum Gasteiger partial charge on any atom is -0.490 e. The minimum absolute atomic E-state index is 0.0218. The molecule has 0 bridgehead atoms. The molecule has 25 heavy (non-hydrogen) atoms. The number of carbonyl (C=O) groups is 1. The second-order valence-electron chi connectivity index (χ2n) is 4.77. The Bertz CT molecular complexity index is 821. The summed E-state index contributed by atoms with van der Waals surface area (Å²) >= 11 is 3.29. The average molecular weight is 435 g/mol. The number of hydrogen-bond acceptors (Lipinski definition) is 5. The Balaban J connectivity index is 1.85. The molecule has 2 rings (SSSR count). The van der Waals surface area contributed by atoms with Crippen LogP contribution in [0.15, 0.2) is 57.9 Å². The molecule has 9 heteroatoms. The molecule has 0 aliphatic carbocycles. The van der Waals surface area contributed by atoms with Crippen LogP contribution in [0, 0.1) is 0 Å². The predicted molar refractivity (Wildman–Crippen MR) is 89.6 cm³/mol. The second kappa shape index (κ2) is 8.39. The molecule has 0 aliphatic rings. The maximum atomic E-state index is 12.4. The van der Waals surface area contributed by atoms with Gasteiger partial charge < -0.3 is 9.47 Å². The molecule has 2 aromatic rings. The van der Waals surface area contributed by atoms with Crippen molar-refractivity contribution >= 4 is 31.7 Å². The highest BCUT2D eigenvalue weighted by atomic mass is 79.9. The van der Waals surface area contributed by atoms with Gasteiger partial charge in [-0.3, -0.25) is 0 Å². The summed E-state index contributed by atoms with van der Waals surface area (Å²) in [6, 6.07) is 11.2. The fourth-order valence-corrected chi connectivity index (χ4v) is 2.78. The number of alkyl halides is 2. The number of carbonyl (C=O) groups excluding carboxylic acids is 1. The van der Waals surface area contributed by atoms with E-state index in [1.165, 1.54) is 0 Å². The summed E-state index contributed by atoms with van der Waals surface area (Å²) in [5, 5.41) is 0. The molecule has 2 aromatic carbocycles. The lowest BCUT2D eigenvalue weighted by Gasteiger charge is -2.08. The summed E-state index contributed by atoms with van der Waals surface area (Å²) in [6.45, 7) is 0.108. The van der Waals surface area contributed by atoms with E-state index < -0.39 is 26.5 Å². The zero-order chi connectivity index (χ0) is 18.4. The van der Waals surface area contributed by atoms with E-state index in [-0.39, 0.29) is 18.8 Å². The van der Waals surface area contributed by atoms with E-state index in [4.69, 9.17) is 9.47 Å². The third-order valence-corrected chi connectivity index (χ3v) is 4.98. The largest absolute Gasteiger partial charge is 0.490 e. The van der Waals surface area contributed by atoms with Crippen LogP contribution in [0.5, 0.6) is 5.75 Å². The Morgan fingerprint density at radius 2 is 1.60 bits per heavy atom. The first-order chi connectivity index (χ1) is 11.8. The van der Waals surface area contributed by atoms with Crippen molar-refractivity contribution in [3.05, 3.63) is 58.6 Å². The molecular formula is C16H13BrF2O5S. The first kappa shape index (κ1) is 19.3. The lowest BCUT2D eigenvalue weighted by molar-refractivity contribution is 0.0450. The topological polar surface area (TPSA) is 69.7 Å². The predicted octanol–water partition coefficient (Wildman–Crippen LogP) is 3.68. The van der Waals surface area contributed by atoms with E-state index in [1.54, 1.807) is 24.3 Å². The van der Waals surface area contributed by atoms with Crippen LogP contribution in [0.25, 0.3) is 0 Å². The van der Waals surface area contributed by atoms with Crippen molar-refractivity contribution in [3.63, 3.8) is 0 Å². The maximum Gasteiger partial charge on any atom is 0.341 e. The van der Waals surface area contributed by atoms with Crippen LogP contribution in [0.4, 0.5) is 8.78 Å². The molecule has 0 atom stereocenters. The van der Waals surface area contributed by atoms with Gasteiger partial charge in [-0.15, -0.1) is 0 Å². The molecule has 0 N–H and O–H groups in total. The van der Waals surface area contributed by atoms with Gasteiger partial charge in [0.1, 0.15) is 19.0 Å². The van der Waals surface area contributed by atoms with E-state index in [9.17, 15) is 22.0 Å². The Labute approximate surface area is 151 Å². The lowest BCUT2D eigenvalue weighted by Crippen LogP contribution is -2.14. The molecular weight excluding hydrogens is 422 g/mol. The molecule has 0 amide bonds. The highest BCUT2D eigenvalue weighted by molar-refractivity contribution is 9.10. The van der Waals surface area contributed by atoms with Crippen molar-refractivity contribution in [1.29, 1.82) is 0 Å². The summed E-state index contributed by atoms with van der Waals surface area (Å²) < 4.78 is 58.7. The van der Waals surface area contributed by atoms with E-state index in [0.29, 0.717) is 5.75 Å². The molecule has 0 aromatic heterocycles. The first-order valence-corrected chi connectivity index (χ1v) is 9.32. The van der Waals surface area contributed by atoms with Crippen LogP contribution < -0.4 is 4.74 Å². The SMILES string of the molecule is O=C(OCCOc1ccc(Br)cc1)c1ccc(S(=O)(=O)C(F)F)cc1. The maximum absolute atomic E-state index is 12.4. The van der Waals surface area contributed by atoms with Crippen LogP contribution in [0.2, 0.25) is 0 Å². The molecule has 0 saturated heterocycles. The van der Waals surface area contributed by atoms with Gasteiger partial charge in [0, 0.05) is 4.47 Å². The summed E-state index contributed by atoms with van der Waals surface area (Å²) in [6.07, 6.45) is 0. The van der Waals surface area contributed by atoms with Crippen molar-refractivity contribution < 1.29 is 31.5 Å². The molecule has 5 nitrogen and oxygen atoms in total. The second-order valence-corrected chi connectivity index (χ2v) is 7.60. The molecule has 0 aliphatic heterocycles. The van der Waals surface area contributed by atoms with Gasteiger partial charge in [0.05, 0.1) is 10.5 Å². The van der Waals surface area contributed by atoms with Crippen LogP contribution >= 0.6 is 15.9 Å². The molecule has 0 unspecified atom stereocenters. The zero-order valence-electron chi connectivity index (χ0n) is 12.7. The van der Waals surface area contributed by atoms with Crippen molar-refractivity contribution in [3.8, 4) is 5.75 Å². The summed E-state index contributed by atoms with van der Waals surface area (Å²) in [7, 11) is -4.68. The fourth-order valence-electron chi connectivity index (χ4n) is 1.79. The standard InChI is InChI=1S/C16H13BrF2O5S/c17-12-3-5-13(6-4-12)23-9-10-24-15(20)11-1-7-14(8-2-11)25(21,22)16(18)19/h1-8,16H,9-10H2. The fraction of sp³-hybridized carbons (Fsp3) is 0.188. The first-order valence-electron chi connectivity index (χ1n) is 6.98. The third kappa shape index (κ3) is 5.23. The van der Waals surface area contributed by atoms with Crippen LogP contribution in [0.3, 0.4) is 0 Å². The smallest absolute Gasteiger partial charge is 0.341 e. The minimum atomic E-state index is -4.68. The van der Waals surface area contributed by atoms with Gasteiger partial charge in [-0.1, -0.05) is 15.9 Å². The Morgan fingerprint density at radius 3 is 2.16 bits per heavy atom. The van der Waals surface area contributed by atoms with Crippen molar-refractivity contribution in [2.24, 2.45) is 0 Å². The Morgan fingerprint density at radius 1 is 1.00 bits per heavy atom. The van der Waals surface area contributed by atoms with Crippen LogP contribution in [-0.4, -0.2) is 33.4 Å². The number of sulfone groups is 1. The Kier molecular flexibility index (Phi) is 6.49. The molecule has 0 spiro atoms. The van der Waals surface area contributed by atoms with Gasteiger partial charge in [0.15, 0.2) is 0 Å². The average Bonchev–Trinajstić information content (AvgIpc) is 2.60. The highest BCUT2D eigenvalue weighted by Gasteiger charge is 2.26. The zero-order valence-corrected chi connectivity index (χ0v) is 15.1. The monoisotopic (exact) mass is 434 g/mol. The lowest BCUT2D eigenvalue weighted by atomic mass is 10.2. The van der Waals surface area contributed by atoms with Gasteiger partial charge in [-0.25, -0.2) is 13.2 Å². The van der Waals surface area contributed by atoms with Crippen molar-refractivity contribution in [1.82, 2.24) is 0 Å². The van der Waals surface area contributed by atoms with E-state index >= 15 is 0 Å². The third-order valence-electron chi connectivity index (χ3n) is 3.05. The number of ether oxygens (including phenoxy) is 2. The quantitative estimate of drug-likeness (QED) is 0.490. The molecule has 134 valence electrons. The number of halogens is 3.